The zero-order valence-corrected chi connectivity index (χ0v) is 21.6. The summed E-state index contributed by atoms with van der Waals surface area (Å²) in [6.07, 6.45) is -0.0412. The van der Waals surface area contributed by atoms with E-state index in [-0.39, 0.29) is 43.6 Å². The first-order valence-electron chi connectivity index (χ1n) is 12.5. The molecule has 9 heteroatoms. The van der Waals surface area contributed by atoms with Crippen molar-refractivity contribution in [2.75, 3.05) is 18.1 Å². The fraction of sp³-hybridized carbons (Fsp3) is 0.233. The molecular formula is C30H27N3O6. The SMILES string of the molecule is CCOC(=O)CC(C)N1CC(=O)N(Cc2ccccc2)c2ccc(C#Cc3ccc([N+](=O)[O-])cc3)cc2C1=O. The van der Waals surface area contributed by atoms with Gasteiger partial charge in [-0.3, -0.25) is 24.5 Å². The Hall–Kier alpha value is -4.97. The highest BCUT2D eigenvalue weighted by atomic mass is 16.6. The van der Waals surface area contributed by atoms with E-state index in [0.717, 1.165) is 5.56 Å². The second-order valence-electron chi connectivity index (χ2n) is 9.04. The molecule has 0 N–H and O–H groups in total. The molecule has 9 nitrogen and oxygen atoms in total. The molecule has 0 bridgehead atoms. The van der Waals surface area contributed by atoms with Crippen LogP contribution < -0.4 is 4.90 Å². The van der Waals surface area contributed by atoms with Gasteiger partial charge in [-0.2, -0.15) is 0 Å². The third-order valence-electron chi connectivity index (χ3n) is 6.30. The predicted octanol–water partition coefficient (Wildman–Crippen LogP) is 4.33. The van der Waals surface area contributed by atoms with Gasteiger partial charge in [0, 0.05) is 29.3 Å². The number of nitrogens with zero attached hydrogens (tertiary/aromatic N) is 3. The van der Waals surface area contributed by atoms with E-state index in [4.69, 9.17) is 4.74 Å². The van der Waals surface area contributed by atoms with E-state index >= 15 is 0 Å². The summed E-state index contributed by atoms with van der Waals surface area (Å²) in [6.45, 7) is 3.73. The molecule has 39 heavy (non-hydrogen) atoms. The summed E-state index contributed by atoms with van der Waals surface area (Å²) in [4.78, 5) is 52.8. The third-order valence-corrected chi connectivity index (χ3v) is 6.30. The molecule has 1 atom stereocenters. The second-order valence-corrected chi connectivity index (χ2v) is 9.04. The largest absolute Gasteiger partial charge is 0.466 e. The number of carbonyl (C=O) groups is 3. The highest BCUT2D eigenvalue weighted by molar-refractivity contribution is 6.10. The van der Waals surface area contributed by atoms with Gasteiger partial charge in [0.2, 0.25) is 5.91 Å². The maximum atomic E-state index is 13.8. The number of nitro groups is 1. The van der Waals surface area contributed by atoms with E-state index < -0.39 is 16.9 Å². The van der Waals surface area contributed by atoms with Crippen LogP contribution in [0.15, 0.2) is 72.8 Å². The average Bonchev–Trinajstić information content (AvgIpc) is 3.03. The van der Waals surface area contributed by atoms with Crippen LogP contribution in [0.25, 0.3) is 0 Å². The number of esters is 1. The smallest absolute Gasteiger partial charge is 0.307 e. The molecule has 3 aromatic rings. The third kappa shape index (κ3) is 6.48. The van der Waals surface area contributed by atoms with Crippen LogP contribution >= 0.6 is 0 Å². The van der Waals surface area contributed by atoms with E-state index in [1.165, 1.54) is 17.0 Å². The van der Waals surface area contributed by atoms with Crippen LogP contribution in [-0.2, 0) is 20.9 Å². The highest BCUT2D eigenvalue weighted by Gasteiger charge is 2.35. The Morgan fingerprint density at radius 3 is 2.36 bits per heavy atom. The van der Waals surface area contributed by atoms with E-state index in [1.807, 2.05) is 30.3 Å². The molecule has 198 valence electrons. The molecule has 1 aliphatic rings. The summed E-state index contributed by atoms with van der Waals surface area (Å²) in [5, 5.41) is 10.9. The molecule has 1 heterocycles. The molecular weight excluding hydrogens is 498 g/mol. The van der Waals surface area contributed by atoms with Crippen LogP contribution in [0.5, 0.6) is 0 Å². The van der Waals surface area contributed by atoms with Crippen LogP contribution in [0.3, 0.4) is 0 Å². The summed E-state index contributed by atoms with van der Waals surface area (Å²) in [5.41, 5.74) is 2.74. The number of non-ortho nitro benzene ring substituents is 1. The highest BCUT2D eigenvalue weighted by Crippen LogP contribution is 2.30. The van der Waals surface area contributed by atoms with Crippen molar-refractivity contribution in [3.63, 3.8) is 0 Å². The summed E-state index contributed by atoms with van der Waals surface area (Å²) >= 11 is 0. The van der Waals surface area contributed by atoms with Gasteiger partial charge < -0.3 is 14.5 Å². The topological polar surface area (TPSA) is 110 Å². The number of amides is 2. The van der Waals surface area contributed by atoms with Gasteiger partial charge in [-0.25, -0.2) is 0 Å². The van der Waals surface area contributed by atoms with Crippen LogP contribution in [0, 0.1) is 22.0 Å². The number of hydrogen-bond acceptors (Lipinski definition) is 6. The first-order valence-corrected chi connectivity index (χ1v) is 12.5. The lowest BCUT2D eigenvalue weighted by Gasteiger charge is -2.27. The van der Waals surface area contributed by atoms with Crippen LogP contribution in [0.4, 0.5) is 11.4 Å². The minimum absolute atomic E-state index is 0.0311. The minimum Gasteiger partial charge on any atom is -0.466 e. The van der Waals surface area contributed by atoms with E-state index in [2.05, 4.69) is 11.8 Å². The van der Waals surface area contributed by atoms with Crippen molar-refractivity contribution in [3.8, 4) is 11.8 Å². The molecule has 0 fully saturated rings. The van der Waals surface area contributed by atoms with Gasteiger partial charge in [0.05, 0.1) is 35.7 Å². The number of fused-ring (bicyclic) bond motifs is 1. The van der Waals surface area contributed by atoms with E-state index in [9.17, 15) is 24.5 Å². The van der Waals surface area contributed by atoms with Gasteiger partial charge in [0.1, 0.15) is 6.54 Å². The number of nitro benzene ring substituents is 1. The normalized spacial score (nSPS) is 13.6. The van der Waals surface area contributed by atoms with Crippen molar-refractivity contribution < 1.29 is 24.0 Å². The molecule has 0 radical (unpaired) electrons. The van der Waals surface area contributed by atoms with Crippen molar-refractivity contribution in [1.82, 2.24) is 4.90 Å². The molecule has 0 aliphatic carbocycles. The Morgan fingerprint density at radius 1 is 1.03 bits per heavy atom. The van der Waals surface area contributed by atoms with Crippen LogP contribution in [-0.4, -0.2) is 46.8 Å². The Balaban J connectivity index is 1.71. The Bertz CT molecular complexity index is 1460. The average molecular weight is 526 g/mol. The lowest BCUT2D eigenvalue weighted by atomic mass is 10.0. The van der Waals surface area contributed by atoms with Crippen molar-refractivity contribution in [1.29, 1.82) is 0 Å². The molecule has 4 rings (SSSR count). The zero-order valence-electron chi connectivity index (χ0n) is 21.6. The first-order chi connectivity index (χ1) is 18.8. The van der Waals surface area contributed by atoms with Crippen molar-refractivity contribution in [3.05, 3.63) is 105 Å². The van der Waals surface area contributed by atoms with Crippen LogP contribution in [0.1, 0.15) is 47.3 Å². The number of carbonyl (C=O) groups excluding carboxylic acids is 3. The predicted molar refractivity (Wildman–Crippen MR) is 145 cm³/mol. The molecule has 3 aromatic carbocycles. The number of rotatable bonds is 7. The number of hydrogen-bond donors (Lipinski definition) is 0. The van der Waals surface area contributed by atoms with Crippen molar-refractivity contribution in [2.45, 2.75) is 32.9 Å². The first kappa shape index (κ1) is 27.1. The molecule has 1 aliphatic heterocycles. The second kappa shape index (κ2) is 12.0. The number of benzene rings is 3. The quantitative estimate of drug-likeness (QED) is 0.197. The van der Waals surface area contributed by atoms with Gasteiger partial charge in [0.25, 0.3) is 11.6 Å². The number of ether oxygens (including phenoxy) is 1. The van der Waals surface area contributed by atoms with Gasteiger partial charge in [-0.1, -0.05) is 42.2 Å². The minimum atomic E-state index is -0.570. The van der Waals surface area contributed by atoms with Crippen LogP contribution in [0.2, 0.25) is 0 Å². The summed E-state index contributed by atoms with van der Waals surface area (Å²) in [6, 6.07) is 19.8. The molecule has 0 saturated heterocycles. The standard InChI is InChI=1S/C30H27N3O6/c1-3-39-29(35)17-21(2)31-20-28(34)32(19-24-7-5-4-6-8-24)27-16-13-23(18-26(27)30(31)36)10-9-22-11-14-25(15-12-22)33(37)38/h4-8,11-16,18,21H,3,17,19-20H2,1-2H3. The zero-order chi connectivity index (χ0) is 27.9. The van der Waals surface area contributed by atoms with Crippen molar-refractivity contribution >= 4 is 29.2 Å². The Morgan fingerprint density at radius 2 is 1.69 bits per heavy atom. The Kier molecular flexibility index (Phi) is 8.37. The van der Waals surface area contributed by atoms with Gasteiger partial charge in [0.15, 0.2) is 0 Å². The van der Waals surface area contributed by atoms with Gasteiger partial charge >= 0.3 is 5.97 Å². The summed E-state index contributed by atoms with van der Waals surface area (Å²) < 4.78 is 5.05. The van der Waals surface area contributed by atoms with E-state index in [0.29, 0.717) is 22.4 Å². The van der Waals surface area contributed by atoms with Gasteiger partial charge in [-0.05, 0) is 49.7 Å². The maximum absolute atomic E-state index is 13.8. The number of anilines is 1. The fourth-order valence-corrected chi connectivity index (χ4v) is 4.29. The lowest BCUT2D eigenvalue weighted by molar-refractivity contribution is -0.384. The lowest BCUT2D eigenvalue weighted by Crippen LogP contribution is -2.44. The molecule has 0 aromatic heterocycles. The molecule has 1 unspecified atom stereocenters. The Labute approximate surface area is 226 Å². The summed E-state index contributed by atoms with van der Waals surface area (Å²) in [7, 11) is 0. The maximum Gasteiger partial charge on any atom is 0.307 e. The summed E-state index contributed by atoms with van der Waals surface area (Å²) in [5.74, 6) is 4.86. The molecule has 0 spiro atoms. The van der Waals surface area contributed by atoms with Gasteiger partial charge in [-0.15, -0.1) is 0 Å². The monoisotopic (exact) mass is 525 g/mol. The fourth-order valence-electron chi connectivity index (χ4n) is 4.29. The molecule has 0 saturated carbocycles. The van der Waals surface area contributed by atoms with Crippen molar-refractivity contribution in [2.24, 2.45) is 0 Å². The molecule has 2 amide bonds. The van der Waals surface area contributed by atoms with E-state index in [1.54, 1.807) is 49.1 Å².